The van der Waals surface area contributed by atoms with E-state index in [0.717, 1.165) is 12.1 Å². The lowest BCUT2D eigenvalue weighted by Gasteiger charge is -2.09. The summed E-state index contributed by atoms with van der Waals surface area (Å²) in [5.74, 6) is -0.901. The van der Waals surface area contributed by atoms with Gasteiger partial charge >= 0.3 is 6.18 Å². The first-order valence-electron chi connectivity index (χ1n) is 7.05. The van der Waals surface area contributed by atoms with Gasteiger partial charge in [0.15, 0.2) is 0 Å². The number of hydrogen-bond acceptors (Lipinski definition) is 1. The van der Waals surface area contributed by atoms with Crippen molar-refractivity contribution >= 4 is 16.8 Å². The van der Waals surface area contributed by atoms with E-state index in [9.17, 15) is 22.4 Å². The van der Waals surface area contributed by atoms with E-state index in [2.05, 4.69) is 10.3 Å². The molecule has 1 heterocycles. The van der Waals surface area contributed by atoms with Crippen molar-refractivity contribution in [2.75, 3.05) is 0 Å². The number of aromatic nitrogens is 1. The number of hydrogen-bond donors (Lipinski definition) is 2. The number of rotatable bonds is 3. The van der Waals surface area contributed by atoms with Crippen molar-refractivity contribution in [3.8, 4) is 0 Å². The summed E-state index contributed by atoms with van der Waals surface area (Å²) in [7, 11) is 0. The summed E-state index contributed by atoms with van der Waals surface area (Å²) in [5.41, 5.74) is 0.374. The van der Waals surface area contributed by atoms with Gasteiger partial charge in [0.2, 0.25) is 0 Å². The van der Waals surface area contributed by atoms with Gasteiger partial charge in [-0.05, 0) is 42.0 Å². The Balaban J connectivity index is 1.73. The summed E-state index contributed by atoms with van der Waals surface area (Å²) in [6.45, 7) is -0.0491. The van der Waals surface area contributed by atoms with Gasteiger partial charge in [-0.15, -0.1) is 0 Å². The fraction of sp³-hybridized carbons (Fsp3) is 0.118. The van der Waals surface area contributed by atoms with Crippen molar-refractivity contribution < 1.29 is 22.4 Å². The van der Waals surface area contributed by atoms with Crippen LogP contribution < -0.4 is 5.32 Å². The lowest BCUT2D eigenvalue weighted by Crippen LogP contribution is -2.23. The molecule has 3 nitrogen and oxygen atoms in total. The van der Waals surface area contributed by atoms with Crippen molar-refractivity contribution in [1.29, 1.82) is 0 Å². The molecule has 0 aliphatic rings. The molecule has 1 aromatic heterocycles. The minimum Gasteiger partial charge on any atom is -0.351 e. The SMILES string of the molecule is O=C(NCc1cccc(C(F)(F)F)c1)c1cc2cc(F)ccc2[nH]1. The Bertz CT molecular complexity index is 899. The van der Waals surface area contributed by atoms with Gasteiger partial charge in [0.25, 0.3) is 5.91 Å². The second-order valence-electron chi connectivity index (χ2n) is 5.30. The lowest BCUT2D eigenvalue weighted by atomic mass is 10.1. The molecule has 0 atom stereocenters. The van der Waals surface area contributed by atoms with E-state index < -0.39 is 23.5 Å². The molecular weight excluding hydrogens is 324 g/mol. The van der Waals surface area contributed by atoms with Crippen LogP contribution in [0.5, 0.6) is 0 Å². The molecule has 0 radical (unpaired) electrons. The van der Waals surface area contributed by atoms with Crippen LogP contribution in [0.25, 0.3) is 10.9 Å². The Morgan fingerprint density at radius 2 is 1.88 bits per heavy atom. The lowest BCUT2D eigenvalue weighted by molar-refractivity contribution is -0.137. The second-order valence-corrected chi connectivity index (χ2v) is 5.30. The first-order chi connectivity index (χ1) is 11.3. The van der Waals surface area contributed by atoms with Gasteiger partial charge in [-0.25, -0.2) is 4.39 Å². The Labute approximate surface area is 134 Å². The Morgan fingerprint density at radius 3 is 2.62 bits per heavy atom. The minimum absolute atomic E-state index is 0.0491. The van der Waals surface area contributed by atoms with E-state index in [4.69, 9.17) is 0 Å². The molecular formula is C17H12F4N2O. The molecule has 2 aromatic carbocycles. The number of carbonyl (C=O) groups excluding carboxylic acids is 1. The molecule has 1 amide bonds. The van der Waals surface area contributed by atoms with E-state index in [1.165, 1.54) is 36.4 Å². The van der Waals surface area contributed by atoms with Gasteiger partial charge < -0.3 is 10.3 Å². The Hall–Kier alpha value is -2.83. The number of alkyl halides is 3. The number of benzene rings is 2. The van der Waals surface area contributed by atoms with Crippen LogP contribution in [0.1, 0.15) is 21.6 Å². The maximum Gasteiger partial charge on any atom is 0.416 e. The van der Waals surface area contributed by atoms with Crippen LogP contribution in [0, 0.1) is 5.82 Å². The fourth-order valence-corrected chi connectivity index (χ4v) is 2.36. The molecule has 0 saturated heterocycles. The van der Waals surface area contributed by atoms with Crippen LogP contribution in [0.15, 0.2) is 48.5 Å². The molecule has 0 fully saturated rings. The van der Waals surface area contributed by atoms with Crippen molar-refractivity contribution in [2.45, 2.75) is 12.7 Å². The van der Waals surface area contributed by atoms with Crippen LogP contribution >= 0.6 is 0 Å². The highest BCUT2D eigenvalue weighted by atomic mass is 19.4. The van der Waals surface area contributed by atoms with Crippen LogP contribution in [0.2, 0.25) is 0 Å². The average Bonchev–Trinajstić information content (AvgIpc) is 2.95. The number of halogens is 4. The predicted octanol–water partition coefficient (Wildman–Crippen LogP) is 4.26. The van der Waals surface area contributed by atoms with Gasteiger partial charge in [-0.1, -0.05) is 12.1 Å². The van der Waals surface area contributed by atoms with Crippen molar-refractivity contribution in [1.82, 2.24) is 10.3 Å². The molecule has 0 aliphatic carbocycles. The zero-order valence-electron chi connectivity index (χ0n) is 12.2. The highest BCUT2D eigenvalue weighted by Gasteiger charge is 2.30. The summed E-state index contributed by atoms with van der Waals surface area (Å²) in [6, 6.07) is 10.3. The smallest absolute Gasteiger partial charge is 0.351 e. The first kappa shape index (κ1) is 16.0. The van der Waals surface area contributed by atoms with Gasteiger partial charge in [0.1, 0.15) is 11.5 Å². The topological polar surface area (TPSA) is 44.9 Å². The highest BCUT2D eigenvalue weighted by Crippen LogP contribution is 2.29. The van der Waals surface area contributed by atoms with E-state index in [1.807, 2.05) is 0 Å². The molecule has 0 aliphatic heterocycles. The van der Waals surface area contributed by atoms with E-state index in [1.54, 1.807) is 0 Å². The van der Waals surface area contributed by atoms with Gasteiger partial charge in [0.05, 0.1) is 5.56 Å². The zero-order chi connectivity index (χ0) is 17.3. The zero-order valence-corrected chi connectivity index (χ0v) is 12.2. The molecule has 3 rings (SSSR count). The monoisotopic (exact) mass is 336 g/mol. The molecule has 0 spiro atoms. The summed E-state index contributed by atoms with van der Waals surface area (Å²) in [6.07, 6.45) is -4.43. The normalized spacial score (nSPS) is 11.7. The number of amides is 1. The number of carbonyl (C=O) groups is 1. The summed E-state index contributed by atoms with van der Waals surface area (Å²) in [5, 5.41) is 3.08. The Morgan fingerprint density at radius 1 is 1.08 bits per heavy atom. The molecule has 24 heavy (non-hydrogen) atoms. The number of H-pyrrole nitrogens is 1. The molecule has 2 N–H and O–H groups in total. The van der Waals surface area contributed by atoms with Crippen molar-refractivity contribution in [3.63, 3.8) is 0 Å². The third-order valence-corrected chi connectivity index (χ3v) is 3.53. The summed E-state index contributed by atoms with van der Waals surface area (Å²) < 4.78 is 51.1. The molecule has 0 bridgehead atoms. The number of nitrogens with one attached hydrogen (secondary N) is 2. The van der Waals surface area contributed by atoms with Crippen molar-refractivity contribution in [3.05, 3.63) is 71.2 Å². The fourth-order valence-electron chi connectivity index (χ4n) is 2.36. The summed E-state index contributed by atoms with van der Waals surface area (Å²) >= 11 is 0. The largest absolute Gasteiger partial charge is 0.416 e. The minimum atomic E-state index is -4.43. The van der Waals surface area contributed by atoms with Crippen LogP contribution in [0.4, 0.5) is 17.6 Å². The van der Waals surface area contributed by atoms with Crippen molar-refractivity contribution in [2.24, 2.45) is 0 Å². The number of aromatic amines is 1. The summed E-state index contributed by atoms with van der Waals surface area (Å²) in [4.78, 5) is 14.9. The van der Waals surface area contributed by atoms with Crippen LogP contribution in [0.3, 0.4) is 0 Å². The molecule has 0 unspecified atom stereocenters. The van der Waals surface area contributed by atoms with E-state index >= 15 is 0 Å². The quantitative estimate of drug-likeness (QED) is 0.690. The van der Waals surface area contributed by atoms with E-state index in [-0.39, 0.29) is 12.2 Å². The van der Waals surface area contributed by atoms with Crippen LogP contribution in [-0.4, -0.2) is 10.9 Å². The highest BCUT2D eigenvalue weighted by molar-refractivity contribution is 5.97. The number of fused-ring (bicyclic) bond motifs is 1. The molecule has 124 valence electrons. The maximum absolute atomic E-state index is 13.1. The van der Waals surface area contributed by atoms with Gasteiger partial charge in [0, 0.05) is 17.4 Å². The predicted molar refractivity (Wildman–Crippen MR) is 80.9 cm³/mol. The third kappa shape index (κ3) is 3.40. The molecule has 7 heteroatoms. The standard InChI is InChI=1S/C17H12F4N2O/c18-13-4-5-14-11(7-13)8-15(23-14)16(24)22-9-10-2-1-3-12(6-10)17(19,20)21/h1-8,23H,9H2,(H,22,24). The van der Waals surface area contributed by atoms with Gasteiger partial charge in [-0.2, -0.15) is 13.2 Å². The average molecular weight is 336 g/mol. The van der Waals surface area contributed by atoms with Crippen LogP contribution in [-0.2, 0) is 12.7 Å². The first-order valence-corrected chi connectivity index (χ1v) is 7.05. The maximum atomic E-state index is 13.1. The molecule has 0 saturated carbocycles. The third-order valence-electron chi connectivity index (χ3n) is 3.53. The van der Waals surface area contributed by atoms with E-state index in [0.29, 0.717) is 16.5 Å². The Kier molecular flexibility index (Phi) is 4.01. The van der Waals surface area contributed by atoms with Gasteiger partial charge in [-0.3, -0.25) is 4.79 Å². The second kappa shape index (κ2) is 5.99. The molecule has 3 aromatic rings.